The average molecular weight is 255 g/mol. The Morgan fingerprint density at radius 3 is 2.16 bits per heavy atom. The number of nitrogens with zero attached hydrogens (tertiary/aromatic N) is 2. The zero-order valence-corrected chi connectivity index (χ0v) is 12.3. The van der Waals surface area contributed by atoms with E-state index in [9.17, 15) is 0 Å². The van der Waals surface area contributed by atoms with Crippen LogP contribution in [0.1, 0.15) is 22.3 Å². The number of rotatable bonds is 2. The minimum atomic E-state index is 0.700. The molecule has 100 valence electrons. The summed E-state index contributed by atoms with van der Waals surface area (Å²) in [5, 5.41) is 0. The van der Waals surface area contributed by atoms with Crippen molar-refractivity contribution in [3.8, 4) is 0 Å². The molecule has 3 heteroatoms. The summed E-state index contributed by atoms with van der Waals surface area (Å²) >= 11 is 0. The van der Waals surface area contributed by atoms with Crippen LogP contribution in [-0.4, -0.2) is 12.0 Å². The van der Waals surface area contributed by atoms with Crippen LogP contribution in [0.25, 0.3) is 0 Å². The fourth-order valence-corrected chi connectivity index (χ4v) is 2.36. The molecule has 2 N–H and O–H groups in total. The minimum Gasteiger partial charge on any atom is -0.397 e. The van der Waals surface area contributed by atoms with E-state index in [1.165, 1.54) is 22.4 Å². The number of anilines is 3. The van der Waals surface area contributed by atoms with Gasteiger partial charge in [0.2, 0.25) is 0 Å². The molecule has 1 aromatic heterocycles. The molecule has 3 nitrogen and oxygen atoms in total. The highest BCUT2D eigenvalue weighted by molar-refractivity contribution is 5.67. The van der Waals surface area contributed by atoms with Gasteiger partial charge in [-0.15, -0.1) is 0 Å². The molecule has 0 unspecified atom stereocenters. The van der Waals surface area contributed by atoms with Crippen molar-refractivity contribution in [2.45, 2.75) is 27.7 Å². The van der Waals surface area contributed by atoms with E-state index < -0.39 is 0 Å². The van der Waals surface area contributed by atoms with Crippen molar-refractivity contribution in [1.29, 1.82) is 0 Å². The van der Waals surface area contributed by atoms with Crippen LogP contribution in [0.15, 0.2) is 24.4 Å². The van der Waals surface area contributed by atoms with Crippen LogP contribution in [0.3, 0.4) is 0 Å². The average Bonchev–Trinajstić information content (AvgIpc) is 2.33. The van der Waals surface area contributed by atoms with Gasteiger partial charge in [-0.1, -0.05) is 6.07 Å². The van der Waals surface area contributed by atoms with Crippen molar-refractivity contribution in [2.24, 2.45) is 0 Å². The Labute approximate surface area is 115 Å². The van der Waals surface area contributed by atoms with Crippen LogP contribution in [0.4, 0.5) is 17.2 Å². The minimum absolute atomic E-state index is 0.700. The van der Waals surface area contributed by atoms with Gasteiger partial charge in [-0.25, -0.2) is 4.98 Å². The van der Waals surface area contributed by atoms with E-state index in [0.29, 0.717) is 5.69 Å². The van der Waals surface area contributed by atoms with E-state index >= 15 is 0 Å². The molecule has 0 aliphatic heterocycles. The standard InChI is InChI=1S/C16H21N3/c1-10-6-12(3)15(8-11(10)2)19(5)16-13(4)7-14(17)9-18-16/h6-9H,17H2,1-5H3. The third-order valence-electron chi connectivity index (χ3n) is 3.56. The number of pyridine rings is 1. The van der Waals surface area contributed by atoms with E-state index in [-0.39, 0.29) is 0 Å². The lowest BCUT2D eigenvalue weighted by Gasteiger charge is -2.23. The van der Waals surface area contributed by atoms with Crippen LogP contribution >= 0.6 is 0 Å². The third kappa shape index (κ3) is 2.55. The summed E-state index contributed by atoms with van der Waals surface area (Å²) in [6.07, 6.45) is 1.70. The van der Waals surface area contributed by atoms with E-state index in [2.05, 4.69) is 42.8 Å². The third-order valence-corrected chi connectivity index (χ3v) is 3.56. The van der Waals surface area contributed by atoms with Gasteiger partial charge in [0.15, 0.2) is 0 Å². The predicted molar refractivity (Wildman–Crippen MR) is 82.1 cm³/mol. The topological polar surface area (TPSA) is 42.2 Å². The monoisotopic (exact) mass is 255 g/mol. The lowest BCUT2D eigenvalue weighted by molar-refractivity contribution is 1.09. The highest BCUT2D eigenvalue weighted by Gasteiger charge is 2.12. The summed E-state index contributed by atoms with van der Waals surface area (Å²) in [6, 6.07) is 6.38. The van der Waals surface area contributed by atoms with Crippen LogP contribution in [-0.2, 0) is 0 Å². The number of hydrogen-bond acceptors (Lipinski definition) is 3. The molecule has 0 bridgehead atoms. The number of benzene rings is 1. The molecule has 0 aliphatic carbocycles. The van der Waals surface area contributed by atoms with E-state index in [1.807, 2.05) is 20.0 Å². The first kappa shape index (κ1) is 13.4. The van der Waals surface area contributed by atoms with Crippen LogP contribution in [0.2, 0.25) is 0 Å². The maximum atomic E-state index is 5.76. The molecule has 0 spiro atoms. The Balaban J connectivity index is 2.49. The summed E-state index contributed by atoms with van der Waals surface area (Å²) in [4.78, 5) is 6.57. The summed E-state index contributed by atoms with van der Waals surface area (Å²) in [6.45, 7) is 8.44. The van der Waals surface area contributed by atoms with Crippen molar-refractivity contribution in [3.63, 3.8) is 0 Å². The first-order chi connectivity index (χ1) is 8.90. The number of hydrogen-bond donors (Lipinski definition) is 1. The maximum Gasteiger partial charge on any atom is 0.135 e. The van der Waals surface area contributed by atoms with Gasteiger partial charge in [0.05, 0.1) is 11.9 Å². The molecule has 1 heterocycles. The molecule has 1 aromatic carbocycles. The second-order valence-corrected chi connectivity index (χ2v) is 5.19. The van der Waals surface area contributed by atoms with Crippen molar-refractivity contribution in [1.82, 2.24) is 4.98 Å². The van der Waals surface area contributed by atoms with Crippen LogP contribution in [0.5, 0.6) is 0 Å². The van der Waals surface area contributed by atoms with Crippen LogP contribution < -0.4 is 10.6 Å². The van der Waals surface area contributed by atoms with Crippen molar-refractivity contribution in [2.75, 3.05) is 17.7 Å². The Bertz CT molecular complexity index is 618. The normalized spacial score (nSPS) is 10.6. The van der Waals surface area contributed by atoms with Crippen molar-refractivity contribution >= 4 is 17.2 Å². The molecule has 19 heavy (non-hydrogen) atoms. The van der Waals surface area contributed by atoms with Gasteiger partial charge in [0, 0.05) is 12.7 Å². The lowest BCUT2D eigenvalue weighted by Crippen LogP contribution is -2.14. The molecule has 2 rings (SSSR count). The Hall–Kier alpha value is -2.03. The highest BCUT2D eigenvalue weighted by Crippen LogP contribution is 2.30. The maximum absolute atomic E-state index is 5.76. The summed E-state index contributed by atoms with van der Waals surface area (Å²) in [5.41, 5.74) is 12.6. The quantitative estimate of drug-likeness (QED) is 0.890. The van der Waals surface area contributed by atoms with E-state index in [4.69, 9.17) is 5.73 Å². The summed E-state index contributed by atoms with van der Waals surface area (Å²) < 4.78 is 0. The molecule has 0 amide bonds. The number of nitrogen functional groups attached to an aromatic ring is 1. The fraction of sp³-hybridized carbons (Fsp3) is 0.312. The number of aromatic nitrogens is 1. The zero-order valence-electron chi connectivity index (χ0n) is 12.3. The predicted octanol–water partition coefficient (Wildman–Crippen LogP) is 3.67. The first-order valence-corrected chi connectivity index (χ1v) is 6.44. The summed E-state index contributed by atoms with van der Waals surface area (Å²) in [7, 11) is 2.04. The largest absolute Gasteiger partial charge is 0.397 e. The van der Waals surface area contributed by atoms with Gasteiger partial charge in [0.1, 0.15) is 5.82 Å². The lowest BCUT2D eigenvalue weighted by atomic mass is 10.0. The Morgan fingerprint density at radius 1 is 0.895 bits per heavy atom. The van der Waals surface area contributed by atoms with Gasteiger partial charge in [-0.05, 0) is 62.1 Å². The molecule has 0 fully saturated rings. The molecule has 0 radical (unpaired) electrons. The highest BCUT2D eigenvalue weighted by atomic mass is 15.2. The van der Waals surface area contributed by atoms with Crippen LogP contribution in [0, 0.1) is 27.7 Å². The number of nitrogens with two attached hydrogens (primary N) is 1. The van der Waals surface area contributed by atoms with Gasteiger partial charge in [-0.2, -0.15) is 0 Å². The van der Waals surface area contributed by atoms with E-state index in [1.54, 1.807) is 6.20 Å². The molecular formula is C16H21N3. The Kier molecular flexibility index (Phi) is 3.47. The second kappa shape index (κ2) is 4.92. The zero-order chi connectivity index (χ0) is 14.2. The van der Waals surface area contributed by atoms with Gasteiger partial charge in [-0.3, -0.25) is 0 Å². The second-order valence-electron chi connectivity index (χ2n) is 5.19. The molecule has 0 saturated heterocycles. The van der Waals surface area contributed by atoms with Crippen molar-refractivity contribution in [3.05, 3.63) is 46.6 Å². The van der Waals surface area contributed by atoms with Gasteiger partial charge >= 0.3 is 0 Å². The SMILES string of the molecule is Cc1cc(C)c(N(C)c2ncc(N)cc2C)cc1C. The smallest absolute Gasteiger partial charge is 0.135 e. The van der Waals surface area contributed by atoms with Gasteiger partial charge < -0.3 is 10.6 Å². The molecular weight excluding hydrogens is 234 g/mol. The molecule has 0 atom stereocenters. The molecule has 0 saturated carbocycles. The summed E-state index contributed by atoms with van der Waals surface area (Å²) in [5.74, 6) is 0.945. The Morgan fingerprint density at radius 2 is 1.53 bits per heavy atom. The fourth-order valence-electron chi connectivity index (χ4n) is 2.36. The molecule has 0 aliphatic rings. The van der Waals surface area contributed by atoms with Crippen molar-refractivity contribution < 1.29 is 0 Å². The first-order valence-electron chi connectivity index (χ1n) is 6.44. The molecule has 2 aromatic rings. The number of aryl methyl sites for hydroxylation is 4. The van der Waals surface area contributed by atoms with E-state index in [0.717, 1.165) is 11.4 Å². The van der Waals surface area contributed by atoms with Gasteiger partial charge in [0.25, 0.3) is 0 Å².